The maximum atomic E-state index is 12.9. The number of benzene rings is 3. The molecule has 1 amide bonds. The maximum absolute atomic E-state index is 12.9. The van der Waals surface area contributed by atoms with Gasteiger partial charge in [0.25, 0.3) is 15.9 Å². The summed E-state index contributed by atoms with van der Waals surface area (Å²) in [7, 11) is -4.03. The highest BCUT2D eigenvalue weighted by Crippen LogP contribution is 2.30. The normalized spacial score (nSPS) is 11.5. The van der Waals surface area contributed by atoms with Gasteiger partial charge in [0.15, 0.2) is 6.61 Å². The molecule has 0 saturated carbocycles. The Kier molecular flexibility index (Phi) is 7.98. The fourth-order valence-corrected chi connectivity index (χ4v) is 6.05. The Labute approximate surface area is 225 Å². The molecule has 1 aromatic heterocycles. The molecule has 0 spiro atoms. The van der Waals surface area contributed by atoms with Crippen molar-refractivity contribution in [1.82, 2.24) is 5.43 Å². The number of nitrogens with one attached hydrogen (secondary N) is 2. The summed E-state index contributed by atoms with van der Waals surface area (Å²) in [6.45, 7) is -0.560. The second-order valence-electron chi connectivity index (χ2n) is 7.43. The number of aliphatic carboxylic acids is 1. The first-order valence-corrected chi connectivity index (χ1v) is 13.5. The van der Waals surface area contributed by atoms with E-state index in [-0.39, 0.29) is 26.2 Å². The number of hydrazone groups is 1. The van der Waals surface area contributed by atoms with Crippen LogP contribution >= 0.6 is 34.5 Å². The number of amides is 1. The van der Waals surface area contributed by atoms with Crippen molar-refractivity contribution in [1.29, 1.82) is 0 Å². The van der Waals surface area contributed by atoms with Gasteiger partial charge in [0.2, 0.25) is 0 Å². The topological polar surface area (TPSA) is 134 Å². The van der Waals surface area contributed by atoms with Crippen LogP contribution < -0.4 is 14.9 Å². The standard InChI is InChI=1S/C24H17Cl2N3O6S2/c25-15-6-7-17(19(11-15)29-37(33,34)23-10-9-21(26)36-23)24(32)28-27-12-18-16-4-2-1-3-14(16)5-8-20(18)35-13-22(30)31/h1-12,29H,13H2,(H,28,32)(H,30,31). The summed E-state index contributed by atoms with van der Waals surface area (Å²) in [5.41, 5.74) is 2.72. The number of ether oxygens (including phenoxy) is 1. The molecule has 3 aromatic carbocycles. The summed E-state index contributed by atoms with van der Waals surface area (Å²) in [5.74, 6) is -1.61. The predicted molar refractivity (Wildman–Crippen MR) is 144 cm³/mol. The number of carbonyl (C=O) groups is 2. The molecule has 0 radical (unpaired) electrons. The molecule has 1 heterocycles. The van der Waals surface area contributed by atoms with Gasteiger partial charge < -0.3 is 9.84 Å². The van der Waals surface area contributed by atoms with Crippen molar-refractivity contribution in [3.05, 3.63) is 87.2 Å². The molecule has 0 aliphatic rings. The SMILES string of the molecule is O=C(O)COc1ccc2ccccc2c1C=NNC(=O)c1ccc(Cl)cc1NS(=O)(=O)c1ccc(Cl)s1. The summed E-state index contributed by atoms with van der Waals surface area (Å²) >= 11 is 12.8. The molecule has 3 N–H and O–H groups in total. The van der Waals surface area contributed by atoms with Crippen molar-refractivity contribution in [2.75, 3.05) is 11.3 Å². The number of rotatable bonds is 9. The minimum Gasteiger partial charge on any atom is -0.481 e. The van der Waals surface area contributed by atoms with Gasteiger partial charge in [-0.05, 0) is 47.2 Å². The molecule has 0 atom stereocenters. The van der Waals surface area contributed by atoms with E-state index in [0.29, 0.717) is 9.90 Å². The molecule has 13 heteroatoms. The predicted octanol–water partition coefficient (Wildman–Crippen LogP) is 5.24. The molecule has 0 aliphatic heterocycles. The van der Waals surface area contributed by atoms with Crippen molar-refractivity contribution in [2.45, 2.75) is 4.21 Å². The summed E-state index contributed by atoms with van der Waals surface area (Å²) < 4.78 is 33.5. The first-order valence-electron chi connectivity index (χ1n) is 10.4. The second kappa shape index (κ2) is 11.2. The number of sulfonamides is 1. The van der Waals surface area contributed by atoms with E-state index in [2.05, 4.69) is 15.2 Å². The summed E-state index contributed by atoms with van der Waals surface area (Å²) in [5, 5.41) is 14.7. The van der Waals surface area contributed by atoms with Crippen LogP contribution in [0.5, 0.6) is 5.75 Å². The van der Waals surface area contributed by atoms with Crippen LogP contribution in [0.2, 0.25) is 9.36 Å². The monoisotopic (exact) mass is 577 g/mol. The van der Waals surface area contributed by atoms with E-state index in [1.165, 1.54) is 36.5 Å². The molecule has 0 saturated heterocycles. The van der Waals surface area contributed by atoms with E-state index in [0.717, 1.165) is 22.1 Å². The second-order valence-corrected chi connectivity index (χ2v) is 11.5. The average Bonchev–Trinajstić information content (AvgIpc) is 3.30. The van der Waals surface area contributed by atoms with E-state index in [1.54, 1.807) is 24.3 Å². The van der Waals surface area contributed by atoms with Crippen LogP contribution in [0.3, 0.4) is 0 Å². The highest BCUT2D eigenvalue weighted by atomic mass is 35.5. The molecule has 190 valence electrons. The molecule has 0 fully saturated rings. The van der Waals surface area contributed by atoms with Crippen molar-refractivity contribution < 1.29 is 27.9 Å². The van der Waals surface area contributed by atoms with Gasteiger partial charge in [-0.15, -0.1) is 11.3 Å². The lowest BCUT2D eigenvalue weighted by Crippen LogP contribution is -2.21. The highest BCUT2D eigenvalue weighted by molar-refractivity contribution is 7.94. The van der Waals surface area contributed by atoms with Gasteiger partial charge >= 0.3 is 5.97 Å². The van der Waals surface area contributed by atoms with Crippen molar-refractivity contribution >= 4 is 79.1 Å². The number of hydrogen-bond donors (Lipinski definition) is 3. The Morgan fingerprint density at radius 2 is 1.84 bits per heavy atom. The lowest BCUT2D eigenvalue weighted by molar-refractivity contribution is -0.139. The molecule has 37 heavy (non-hydrogen) atoms. The summed E-state index contributed by atoms with van der Waals surface area (Å²) in [6.07, 6.45) is 1.32. The quantitative estimate of drug-likeness (QED) is 0.184. The highest BCUT2D eigenvalue weighted by Gasteiger charge is 2.21. The number of anilines is 1. The average molecular weight is 578 g/mol. The third kappa shape index (κ3) is 6.38. The maximum Gasteiger partial charge on any atom is 0.341 e. The minimum absolute atomic E-state index is 0.0342. The third-order valence-corrected chi connectivity index (χ3v) is 8.25. The number of hydrogen-bond acceptors (Lipinski definition) is 7. The molecule has 0 bridgehead atoms. The lowest BCUT2D eigenvalue weighted by atomic mass is 10.0. The molecule has 9 nitrogen and oxygen atoms in total. The number of carboxylic acids is 1. The molecular weight excluding hydrogens is 561 g/mol. The van der Waals surface area contributed by atoms with Gasteiger partial charge in [0.05, 0.1) is 21.8 Å². The minimum atomic E-state index is -4.03. The van der Waals surface area contributed by atoms with E-state index in [1.807, 2.05) is 12.1 Å². The number of nitrogens with zero attached hydrogens (tertiary/aromatic N) is 1. The van der Waals surface area contributed by atoms with Crippen LogP contribution in [0.4, 0.5) is 5.69 Å². The number of carbonyl (C=O) groups excluding carboxylic acids is 1. The Morgan fingerprint density at radius 3 is 2.57 bits per heavy atom. The fourth-order valence-electron chi connectivity index (χ4n) is 3.33. The van der Waals surface area contributed by atoms with Crippen LogP contribution in [-0.4, -0.2) is 38.2 Å². The van der Waals surface area contributed by atoms with Gasteiger partial charge in [-0.2, -0.15) is 5.10 Å². The van der Waals surface area contributed by atoms with Crippen LogP contribution in [0.25, 0.3) is 10.8 Å². The first-order chi connectivity index (χ1) is 17.6. The Bertz CT molecular complexity index is 1640. The molecule has 0 unspecified atom stereocenters. The smallest absolute Gasteiger partial charge is 0.341 e. The molecule has 4 rings (SSSR count). The first kappa shape index (κ1) is 26.4. The number of halogens is 2. The van der Waals surface area contributed by atoms with Gasteiger partial charge in [0.1, 0.15) is 9.96 Å². The van der Waals surface area contributed by atoms with Gasteiger partial charge in [-0.1, -0.05) is 53.5 Å². The molecule has 4 aromatic rings. The molecular formula is C24H17Cl2N3O6S2. The number of fused-ring (bicyclic) bond motifs is 1. The van der Waals surface area contributed by atoms with Crippen molar-refractivity contribution in [2.24, 2.45) is 5.10 Å². The van der Waals surface area contributed by atoms with Gasteiger partial charge in [0, 0.05) is 10.6 Å². The third-order valence-electron chi connectivity index (χ3n) is 4.93. The van der Waals surface area contributed by atoms with E-state index < -0.39 is 28.5 Å². The summed E-state index contributed by atoms with van der Waals surface area (Å²) in [6, 6.07) is 17.6. The zero-order valence-corrected chi connectivity index (χ0v) is 21.8. The van der Waals surface area contributed by atoms with Crippen LogP contribution in [-0.2, 0) is 14.8 Å². The van der Waals surface area contributed by atoms with Crippen LogP contribution in [0, 0.1) is 0 Å². The van der Waals surface area contributed by atoms with Crippen LogP contribution in [0.1, 0.15) is 15.9 Å². The Balaban J connectivity index is 1.60. The Morgan fingerprint density at radius 1 is 1.05 bits per heavy atom. The lowest BCUT2D eigenvalue weighted by Gasteiger charge is -2.12. The number of carboxylic acid groups (broad SMARTS) is 1. The van der Waals surface area contributed by atoms with E-state index in [4.69, 9.17) is 33.0 Å². The van der Waals surface area contributed by atoms with Gasteiger partial charge in [-0.3, -0.25) is 9.52 Å². The fraction of sp³-hybridized carbons (Fsp3) is 0.0417. The van der Waals surface area contributed by atoms with Crippen molar-refractivity contribution in [3.8, 4) is 5.75 Å². The van der Waals surface area contributed by atoms with Crippen LogP contribution in [0.15, 0.2) is 76.0 Å². The van der Waals surface area contributed by atoms with Gasteiger partial charge in [-0.25, -0.2) is 18.6 Å². The zero-order valence-electron chi connectivity index (χ0n) is 18.6. The largest absolute Gasteiger partial charge is 0.481 e. The number of thiophene rings is 1. The van der Waals surface area contributed by atoms with E-state index >= 15 is 0 Å². The van der Waals surface area contributed by atoms with Crippen molar-refractivity contribution in [3.63, 3.8) is 0 Å². The van der Waals surface area contributed by atoms with E-state index in [9.17, 15) is 18.0 Å². The zero-order chi connectivity index (χ0) is 26.6. The summed E-state index contributed by atoms with van der Waals surface area (Å²) in [4.78, 5) is 23.9. The Hall–Kier alpha value is -3.64. The molecule has 0 aliphatic carbocycles.